The van der Waals surface area contributed by atoms with E-state index >= 15 is 0 Å². The Bertz CT molecular complexity index is 2850. The van der Waals surface area contributed by atoms with Crippen molar-refractivity contribution in [2.24, 2.45) is 0 Å². The first kappa shape index (κ1) is 81.0. The monoisotopic (exact) mass is 2000 g/mol. The second-order valence-corrected chi connectivity index (χ2v) is 192. The number of hydrogen-bond acceptors (Lipinski definition) is 5. The quantitative estimate of drug-likeness (QED) is 0.0321. The van der Waals surface area contributed by atoms with E-state index in [1.54, 1.807) is 50.4 Å². The van der Waals surface area contributed by atoms with Gasteiger partial charge in [-0.3, -0.25) is 10.1 Å². The first-order valence-electron chi connectivity index (χ1n) is 22.7. The topological polar surface area (TPSA) is 141 Å². The van der Waals surface area contributed by atoms with E-state index in [0.717, 1.165) is 19.3 Å². The summed E-state index contributed by atoms with van der Waals surface area (Å²) in [6, 6.07) is 9.49. The summed E-state index contributed by atoms with van der Waals surface area (Å²) in [4.78, 5) is 28.3. The van der Waals surface area contributed by atoms with Gasteiger partial charge in [0.1, 0.15) is 0 Å². The molecule has 3 aromatic carbocycles. The number of rotatable bonds is 19. The molecule has 468 valence electrons. The van der Waals surface area contributed by atoms with E-state index in [-0.39, 0.29) is 73.6 Å². The number of H-pyrrole nitrogens is 3. The zero-order chi connectivity index (χ0) is 63.4. The Kier molecular flexibility index (Phi) is 28.6. The van der Waals surface area contributed by atoms with E-state index in [2.05, 4.69) is 15.3 Å². The molecule has 0 aliphatic heterocycles. The molecule has 0 saturated heterocycles. The molecule has 12 nitrogen and oxygen atoms in total. The van der Waals surface area contributed by atoms with Gasteiger partial charge in [0.15, 0.2) is 17.1 Å². The van der Waals surface area contributed by atoms with Crippen molar-refractivity contribution < 1.29 is 19.0 Å². The second kappa shape index (κ2) is 29.0. The van der Waals surface area contributed by atoms with Crippen molar-refractivity contribution in [1.82, 2.24) is 30.2 Å². The van der Waals surface area contributed by atoms with Crippen LogP contribution >= 0.6 is 263 Å². The molecular formula is C40H42Cl27N10O2Sb3. The molecule has 3 heterocycles. The minimum absolute atomic E-state index is 0.0443. The average Bonchev–Trinajstić information content (AvgIpc) is 3.93. The van der Waals surface area contributed by atoms with E-state index in [9.17, 15) is 10.1 Å². The molecule has 3 N–H and O–H groups in total. The molecule has 6 aromatic rings. The van der Waals surface area contributed by atoms with Crippen LogP contribution in [0.5, 0.6) is 0 Å². The van der Waals surface area contributed by atoms with Crippen molar-refractivity contribution in [1.29, 1.82) is 0 Å². The van der Waals surface area contributed by atoms with Gasteiger partial charge in [-0.05, 0) is 70.6 Å². The van der Waals surface area contributed by atoms with Crippen LogP contribution in [-0.2, 0) is 38.5 Å². The van der Waals surface area contributed by atoms with Gasteiger partial charge in [0, 0.05) is 58.5 Å². The fraction of sp³-hybridized carbons (Fsp3) is 0.400. The summed E-state index contributed by atoms with van der Waals surface area (Å²) in [7, 11) is 74.9. The Morgan fingerprint density at radius 3 is 0.744 bits per heavy atom. The average molecular weight is 2020 g/mol. The van der Waals surface area contributed by atoms with Gasteiger partial charge >= 0.3 is 204 Å². The third-order valence-electron chi connectivity index (χ3n) is 10.2. The third-order valence-corrected chi connectivity index (χ3v) is 12.6. The van der Waals surface area contributed by atoms with Gasteiger partial charge in [-0.2, -0.15) is 15.3 Å². The van der Waals surface area contributed by atoms with Gasteiger partial charge in [-0.15, -0.1) is 14.0 Å². The van der Waals surface area contributed by atoms with E-state index in [0.29, 0.717) is 86.3 Å². The first-order valence-corrected chi connectivity index (χ1v) is 84.3. The number of nitrogens with one attached hydrogen (secondary N) is 3. The van der Waals surface area contributed by atoms with E-state index in [1.165, 1.54) is 0 Å². The van der Waals surface area contributed by atoms with Gasteiger partial charge in [-0.1, -0.05) is 125 Å². The zero-order valence-corrected chi connectivity index (χ0v) is 69.5. The van der Waals surface area contributed by atoms with Crippen LogP contribution < -0.4 is 14.0 Å². The molecule has 0 radical (unpaired) electrons. The Hall–Kier alpha value is 4.76. The molecule has 0 bridgehead atoms. The van der Waals surface area contributed by atoms with Crippen LogP contribution in [0, 0.1) is 10.1 Å². The molecule has 0 fully saturated rings. The van der Waals surface area contributed by atoms with Crippen molar-refractivity contribution in [3.8, 4) is 17.1 Å². The number of hydrogen-bond donors (Lipinski definition) is 3. The van der Waals surface area contributed by atoms with Crippen molar-refractivity contribution >= 4 is 291 Å². The summed E-state index contributed by atoms with van der Waals surface area (Å²) in [5.41, 5.74) is -0.292. The minimum atomic E-state index is -5.42. The van der Waals surface area contributed by atoms with E-state index < -0.39 is 33.0 Å². The van der Waals surface area contributed by atoms with E-state index in [4.69, 9.17) is 278 Å². The van der Waals surface area contributed by atoms with Gasteiger partial charge in [0.05, 0.1) is 49.4 Å². The molecular weight excluding hydrogens is 1980 g/mol. The van der Waals surface area contributed by atoms with Gasteiger partial charge < -0.3 is 0 Å². The Balaban J connectivity index is 0.000000710. The molecule has 0 atom stereocenters. The molecule has 6 rings (SSSR count). The van der Waals surface area contributed by atoms with Crippen molar-refractivity contribution in [3.63, 3.8) is 0 Å². The molecule has 0 saturated carbocycles. The SMILES string of the molecule is CCCc1nc(CCC(CCc2nc(CCC)[nH][n+]2-c2c(Cl)cc(Cl)cc2Cl)(CCc2nc(CCC)[nH][n+]2-c2c(Cl)cc(Cl)cc2Cl)[N+](=O)[O-])[n+](-c2c(Cl)cc(Cl)cc2Cl)[nH]1.[Cl][Sb-]([Cl])([Cl])([Cl])([Cl])[Cl].[Cl][Sb-]([Cl])([Cl])([Cl])([Cl])[Cl].[Cl][Sb-]([Cl])([Cl])([Cl])([Cl])[Cl]. The molecule has 82 heavy (non-hydrogen) atoms. The van der Waals surface area contributed by atoms with Crippen LogP contribution in [0.25, 0.3) is 17.1 Å². The summed E-state index contributed by atoms with van der Waals surface area (Å²) < 4.78 is 5.05. The van der Waals surface area contributed by atoms with Crippen molar-refractivity contribution in [3.05, 3.63) is 127 Å². The summed E-state index contributed by atoms with van der Waals surface area (Å²) in [6.07, 6.45) is 4.85. The number of nitro groups is 1. The normalized spacial score (nSPS) is 14.8. The van der Waals surface area contributed by atoms with Gasteiger partial charge in [0.2, 0.25) is 5.54 Å². The predicted molar refractivity (Wildman–Crippen MR) is 365 cm³/mol. The number of benzene rings is 3. The number of aryl methyl sites for hydroxylation is 6. The number of aromatic amines is 3. The Labute approximate surface area is 577 Å². The van der Waals surface area contributed by atoms with Crippen LogP contribution in [0.2, 0.25) is 45.2 Å². The number of aromatic nitrogens is 9. The molecule has 0 aliphatic carbocycles. The third kappa shape index (κ3) is 33.2. The molecule has 0 spiro atoms. The summed E-state index contributed by atoms with van der Waals surface area (Å²) in [6.45, 7) is 6.09. The summed E-state index contributed by atoms with van der Waals surface area (Å²) in [5.74, 6) is 3.51. The van der Waals surface area contributed by atoms with Crippen LogP contribution in [0.4, 0.5) is 0 Å². The summed E-state index contributed by atoms with van der Waals surface area (Å²) >= 11 is 59.2. The molecule has 0 aliphatic rings. The van der Waals surface area contributed by atoms with Gasteiger partial charge in [-0.25, -0.2) is 0 Å². The fourth-order valence-electron chi connectivity index (χ4n) is 7.30. The fourth-order valence-corrected chi connectivity index (χ4v) is 10.3. The van der Waals surface area contributed by atoms with Crippen molar-refractivity contribution in [2.45, 2.75) is 103 Å². The van der Waals surface area contributed by atoms with Crippen molar-refractivity contribution in [2.75, 3.05) is 0 Å². The number of nitrogens with zero attached hydrogens (tertiary/aromatic N) is 7. The Morgan fingerprint density at radius 1 is 0.402 bits per heavy atom. The van der Waals surface area contributed by atoms with Crippen LogP contribution in [0.3, 0.4) is 0 Å². The molecule has 3 aromatic heterocycles. The van der Waals surface area contributed by atoms with Crippen LogP contribution in [0.15, 0.2) is 36.4 Å². The van der Waals surface area contributed by atoms with Crippen LogP contribution in [0.1, 0.15) is 94.2 Å². The standard InChI is InChI=1S/C40H39Cl9N10O2.18ClH.3Sb/c1-4-7-31-50-34(56(53-31)37-25(44)16-22(41)17-26(37)45)10-13-40(59(60)61,14-11-35-51-32(8-5-2)54-57(35)38-27(46)18-23(42)19-28(38)47)15-12-36-52-33(9-6-3)55-58(36)39-29(48)20-24(43)21-30(39)49;;;;;;;;;;;;;;;;;;;;;/h16-21H,4-15H2,1-3H3;18*1H;;;/q;;;;;;;;;;;;;;;;;;;3*+5/p-15. The first-order chi connectivity index (χ1) is 36.4. The zero-order valence-electron chi connectivity index (χ0n) is 41.4. The molecule has 0 amide bonds. The molecule has 42 heteroatoms. The molecule has 0 unspecified atom stereocenters. The second-order valence-electron chi connectivity index (χ2n) is 17.5. The maximum atomic E-state index is 13.8. The maximum absolute atomic E-state index is 13.8. The Morgan fingerprint density at radius 2 is 0.585 bits per heavy atom. The van der Waals surface area contributed by atoms with Crippen LogP contribution in [-0.4, -0.2) is 68.1 Å². The van der Waals surface area contributed by atoms with E-state index in [1.807, 2.05) is 20.8 Å². The summed E-state index contributed by atoms with van der Waals surface area (Å²) in [5, 5.41) is 26.6. The number of halogens is 27. The van der Waals surface area contributed by atoms with Gasteiger partial charge in [0.25, 0.3) is 17.5 Å². The predicted octanol–water partition coefficient (Wildman–Crippen LogP) is 22.9.